The fourth-order valence-corrected chi connectivity index (χ4v) is 9.72. The summed E-state index contributed by atoms with van der Waals surface area (Å²) in [5, 5.41) is 106. The van der Waals surface area contributed by atoms with Crippen molar-refractivity contribution in [3.05, 3.63) is 341 Å². The maximum Gasteiger partial charge on any atom is 0.356 e. The molecule has 0 fully saturated rings. The van der Waals surface area contributed by atoms with Gasteiger partial charge in [-0.15, -0.1) is 0 Å². The summed E-state index contributed by atoms with van der Waals surface area (Å²) in [5.41, 5.74) is 9.50. The quantitative estimate of drug-likeness (QED) is 0.0399. The van der Waals surface area contributed by atoms with Gasteiger partial charge in [0.15, 0.2) is 5.69 Å². The number of nitrogens with zero attached hydrogens (tertiary/aromatic N) is 6. The minimum absolute atomic E-state index is 0.00241. The first-order valence-corrected chi connectivity index (χ1v) is 34.3. The van der Waals surface area contributed by atoms with Crippen LogP contribution in [0.4, 0.5) is 0 Å². The minimum atomic E-state index is -1.22. The highest BCUT2D eigenvalue weighted by Crippen LogP contribution is 2.31. The van der Waals surface area contributed by atoms with Crippen LogP contribution in [0.5, 0.6) is 0 Å². The number of aryl methyl sites for hydroxylation is 10. The normalized spacial score (nSPS) is 10.2. The zero-order chi connectivity index (χ0) is 89.2. The van der Waals surface area contributed by atoms with Crippen molar-refractivity contribution in [1.82, 2.24) is 29.9 Å². The van der Waals surface area contributed by atoms with Crippen LogP contribution in [0.3, 0.4) is 0 Å². The lowest BCUT2D eigenvalue weighted by Gasteiger charge is -2.16. The first-order valence-electron chi connectivity index (χ1n) is 34.3. The van der Waals surface area contributed by atoms with Gasteiger partial charge in [0.25, 0.3) is 0 Å². The Morgan fingerprint density at radius 2 is 0.672 bits per heavy atom. The van der Waals surface area contributed by atoms with Crippen molar-refractivity contribution in [2.24, 2.45) is 0 Å². The monoisotopic (exact) mass is 1620 g/mol. The summed E-state index contributed by atoms with van der Waals surface area (Å²) in [6.45, 7) is 18.0. The van der Waals surface area contributed by atoms with E-state index in [4.69, 9.17) is 61.3 Å². The molecule has 1 aliphatic rings. The fourth-order valence-electron chi connectivity index (χ4n) is 9.72. The third-order valence-corrected chi connectivity index (χ3v) is 15.7. The maximum absolute atomic E-state index is 11.6. The number of cyclic esters (lactones) is 2. The Balaban J connectivity index is 0.000000280. The SMILES string of the molecule is Cc1cc(C(=O)O)cc(C(=O)O)c1.Cc1ccc(C(=O)O)c(C(=O)O)c1.Cc1ccc(C(=O)O)c2c(C(=O)O)cccc12.Cc1ccc(C(=O)O)cc1.Cc1ccc(C(=O)O)cn1.Cc1ccc(C(=O)O)nc1.Cc1ccc2c3c(cccc13)C(=O)OC2=O.Cc1cccc(C(=O)O)c1.Cc1cnc(C(=O)O)cn1.Cc1ncc(C(=O)O)cn1. The van der Waals surface area contributed by atoms with E-state index in [2.05, 4.69) is 34.6 Å². The lowest BCUT2D eigenvalue weighted by Crippen LogP contribution is -2.19. The molecule has 33 nitrogen and oxygen atoms in total. The fraction of sp³-hybridized carbons (Fsp3) is 0.116. The number of carboxylic acids is 12. The number of hydrogen-bond acceptors (Lipinski definition) is 21. The highest BCUT2D eigenvalue weighted by molar-refractivity contribution is 6.21. The Morgan fingerprint density at radius 1 is 0.252 bits per heavy atom. The molecule has 0 atom stereocenters. The van der Waals surface area contributed by atoms with Crippen LogP contribution < -0.4 is 0 Å². The largest absolute Gasteiger partial charge is 0.478 e. The molecule has 119 heavy (non-hydrogen) atoms. The van der Waals surface area contributed by atoms with Gasteiger partial charge in [-0.05, 0) is 199 Å². The number of aromatic nitrogens is 6. The molecular formula is C86H76N6O27. The topological polar surface area (TPSA) is 568 Å². The smallest absolute Gasteiger partial charge is 0.356 e. The van der Waals surface area contributed by atoms with Crippen molar-refractivity contribution < 1.29 is 133 Å². The summed E-state index contributed by atoms with van der Waals surface area (Å²) in [5.74, 6) is -13.2. The van der Waals surface area contributed by atoms with Gasteiger partial charge in [0.1, 0.15) is 11.5 Å². The van der Waals surface area contributed by atoms with E-state index in [0.29, 0.717) is 50.1 Å². The highest BCUT2D eigenvalue weighted by atomic mass is 16.6. The lowest BCUT2D eigenvalue weighted by molar-refractivity contribution is 0.0385. The van der Waals surface area contributed by atoms with Crippen LogP contribution in [-0.2, 0) is 4.74 Å². The third kappa shape index (κ3) is 30.2. The predicted octanol–water partition coefficient (Wildman–Crippen LogP) is 14.3. The van der Waals surface area contributed by atoms with Crippen LogP contribution in [0.15, 0.2) is 207 Å². The molecule has 0 amide bonds. The zero-order valence-corrected chi connectivity index (χ0v) is 64.8. The number of rotatable bonds is 12. The number of ether oxygens (including phenoxy) is 1. The van der Waals surface area contributed by atoms with Crippen LogP contribution in [0.25, 0.3) is 21.5 Å². The van der Waals surface area contributed by atoms with Crippen molar-refractivity contribution >= 4 is 105 Å². The zero-order valence-electron chi connectivity index (χ0n) is 64.8. The Kier molecular flexibility index (Phi) is 36.1. The van der Waals surface area contributed by atoms with Crippen molar-refractivity contribution in [2.45, 2.75) is 69.2 Å². The second-order valence-corrected chi connectivity index (χ2v) is 25.0. The second kappa shape index (κ2) is 45.3. The van der Waals surface area contributed by atoms with Gasteiger partial charge in [-0.3, -0.25) is 9.97 Å². The Labute approximate surface area is 675 Å². The van der Waals surface area contributed by atoms with Gasteiger partial charge in [0, 0.05) is 47.5 Å². The molecule has 8 aromatic carbocycles. The molecule has 0 radical (unpaired) electrons. The minimum Gasteiger partial charge on any atom is -0.478 e. The van der Waals surface area contributed by atoms with Crippen molar-refractivity contribution in [1.29, 1.82) is 0 Å². The van der Waals surface area contributed by atoms with Gasteiger partial charge in [-0.2, -0.15) is 0 Å². The number of carbonyl (C=O) groups is 14. The molecule has 0 spiro atoms. The van der Waals surface area contributed by atoms with E-state index >= 15 is 0 Å². The van der Waals surface area contributed by atoms with E-state index in [0.717, 1.165) is 50.5 Å². The Hall–Kier alpha value is -16.5. The third-order valence-electron chi connectivity index (χ3n) is 15.7. The number of carbonyl (C=O) groups excluding carboxylic acids is 2. The number of fused-ring (bicyclic) bond motifs is 1. The standard InChI is InChI=1S/C13H10O4.C13H8O3.2C9H8O4.2C8H8O2.2C7H7NO2.2C6H6N2O2/c1-7-5-6-10(13(16)17)11-8(7)3-2-4-9(11)12(14)15;1-7-5-6-10-11-8(7)3-2-4-9(11)12(14)16-13(10)15;1-5-2-6(8(10)11)4-7(3-5)9(12)13;1-5-2-3-6(8(10)11)7(4-5)9(12)13;1-6-2-4-7(5-3-6)8(9)10;1-6-3-2-4-7(5-6)8(9)10;1-5-2-3-6(4-8-5)7(9)10;1-5-2-3-6(7(9)10)8-4-5;1-4-7-2-5(3-8-4)6(9)10;1-4-2-8-5(3-7-4)6(9)10/h2-6H,1H3,(H,14,15)(H,16,17);2-6H,1H3;2*2-4H,1H3,(H,10,11)(H,12,13);2*2-5H,1H3,(H,9,10);2*2-4H,1H3,(H,9,10);2*2-3H,1H3,(H,9,10). The van der Waals surface area contributed by atoms with Crippen molar-refractivity contribution in [2.75, 3.05) is 0 Å². The molecule has 12 aromatic rings. The predicted molar refractivity (Wildman–Crippen MR) is 427 cm³/mol. The molecule has 13 rings (SSSR count). The molecule has 1 aliphatic heterocycles. The molecule has 4 aromatic heterocycles. The molecule has 0 saturated heterocycles. The first kappa shape index (κ1) is 94.9. The van der Waals surface area contributed by atoms with Gasteiger partial charge in [-0.25, -0.2) is 87.1 Å². The molecule has 612 valence electrons. The second-order valence-electron chi connectivity index (χ2n) is 25.0. The van der Waals surface area contributed by atoms with Gasteiger partial charge in [0.05, 0.1) is 78.7 Å². The van der Waals surface area contributed by atoms with Gasteiger partial charge >= 0.3 is 83.6 Å². The average molecular weight is 1630 g/mol. The van der Waals surface area contributed by atoms with Crippen LogP contribution in [-0.4, -0.2) is 175 Å². The lowest BCUT2D eigenvalue weighted by atomic mass is 9.94. The van der Waals surface area contributed by atoms with Crippen LogP contribution in [0.1, 0.15) is 201 Å². The molecule has 12 N–H and O–H groups in total. The van der Waals surface area contributed by atoms with E-state index < -0.39 is 83.6 Å². The van der Waals surface area contributed by atoms with E-state index in [1.54, 1.807) is 125 Å². The molecule has 0 saturated carbocycles. The molecule has 33 heteroatoms. The van der Waals surface area contributed by atoms with Gasteiger partial charge in [-0.1, -0.05) is 89.5 Å². The Morgan fingerprint density at radius 3 is 1.13 bits per heavy atom. The van der Waals surface area contributed by atoms with E-state index in [9.17, 15) is 67.1 Å². The number of aromatic carboxylic acids is 12. The van der Waals surface area contributed by atoms with E-state index in [1.807, 2.05) is 59.7 Å². The molecule has 0 bridgehead atoms. The summed E-state index contributed by atoms with van der Waals surface area (Å²) in [6.07, 6.45) is 8.09. The maximum atomic E-state index is 11.6. The summed E-state index contributed by atoms with van der Waals surface area (Å²) in [7, 11) is 0. The molecule has 5 heterocycles. The average Bonchev–Trinajstić information content (AvgIpc) is 0.761. The first-order chi connectivity index (χ1) is 55.9. The number of esters is 2. The highest BCUT2D eigenvalue weighted by Gasteiger charge is 2.27. The summed E-state index contributed by atoms with van der Waals surface area (Å²) < 4.78 is 4.66. The van der Waals surface area contributed by atoms with Gasteiger partial charge < -0.3 is 66.0 Å². The number of hydrogen-bond donors (Lipinski definition) is 12. The van der Waals surface area contributed by atoms with Crippen LogP contribution in [0, 0.1) is 69.2 Å². The van der Waals surface area contributed by atoms with E-state index in [1.165, 1.54) is 85.7 Å². The van der Waals surface area contributed by atoms with Crippen molar-refractivity contribution in [3.63, 3.8) is 0 Å². The summed E-state index contributed by atoms with van der Waals surface area (Å²) in [6, 6.07) is 45.0. The number of benzene rings is 8. The molecule has 0 unspecified atom stereocenters. The number of pyridine rings is 2. The van der Waals surface area contributed by atoms with Crippen molar-refractivity contribution in [3.8, 4) is 0 Å². The summed E-state index contributed by atoms with van der Waals surface area (Å²) >= 11 is 0. The van der Waals surface area contributed by atoms with Crippen LogP contribution in [0.2, 0.25) is 0 Å². The molecular weight excluding hydrogens is 1550 g/mol. The Bertz CT molecular complexity index is 5380. The van der Waals surface area contributed by atoms with Gasteiger partial charge in [0.2, 0.25) is 0 Å². The number of carboxylic acid groups (broad SMARTS) is 12. The molecule has 0 aliphatic carbocycles. The summed E-state index contributed by atoms with van der Waals surface area (Å²) in [4.78, 5) is 171. The van der Waals surface area contributed by atoms with Crippen LogP contribution >= 0.6 is 0 Å². The van der Waals surface area contributed by atoms with E-state index in [-0.39, 0.29) is 61.3 Å².